The van der Waals surface area contributed by atoms with Crippen molar-refractivity contribution in [3.05, 3.63) is 41.7 Å². The Morgan fingerprint density at radius 2 is 1.84 bits per heavy atom. The third kappa shape index (κ3) is 7.01. The molecule has 0 saturated heterocycles. The van der Waals surface area contributed by atoms with E-state index in [1.807, 2.05) is 5.32 Å². The minimum absolute atomic E-state index is 0.121. The molecule has 3 heterocycles. The second-order valence-electron chi connectivity index (χ2n) is 9.09. The fourth-order valence-electron chi connectivity index (χ4n) is 3.22. The summed E-state index contributed by atoms with van der Waals surface area (Å²) in [7, 11) is 1.37. The normalized spacial score (nSPS) is 19.8. The fraction of sp³-hybridized carbons (Fsp3) is 0.455. The molecule has 15 heteroatoms. The predicted octanol–water partition coefficient (Wildman–Crippen LogP) is 3.72. The number of alkyl carbamates (subject to hydrolysis) is 1. The number of nitrogens with one attached hydrogen (secondary N) is 2. The van der Waals surface area contributed by atoms with Gasteiger partial charge >= 0.3 is 12.3 Å². The predicted molar refractivity (Wildman–Crippen MR) is 120 cm³/mol. The van der Waals surface area contributed by atoms with E-state index in [1.165, 1.54) is 20.2 Å². The molecule has 37 heavy (non-hydrogen) atoms. The van der Waals surface area contributed by atoms with Gasteiger partial charge in [0.1, 0.15) is 34.2 Å². The molecule has 3 rings (SSSR count). The zero-order chi connectivity index (χ0) is 27.6. The van der Waals surface area contributed by atoms with Crippen LogP contribution in [0.4, 0.5) is 28.2 Å². The van der Waals surface area contributed by atoms with Gasteiger partial charge in [0, 0.05) is 6.42 Å². The molecule has 0 aliphatic carbocycles. The van der Waals surface area contributed by atoms with Crippen molar-refractivity contribution in [1.82, 2.24) is 20.3 Å². The number of hydrogen-bond donors (Lipinski definition) is 2. The molecule has 1 aliphatic rings. The van der Waals surface area contributed by atoms with E-state index < -0.39 is 59.4 Å². The topological polar surface area (TPSA) is 137 Å². The van der Waals surface area contributed by atoms with Crippen LogP contribution in [0.3, 0.4) is 0 Å². The first-order valence-electron chi connectivity index (χ1n) is 10.8. The maximum absolute atomic E-state index is 14.9. The Labute approximate surface area is 208 Å². The summed E-state index contributed by atoms with van der Waals surface area (Å²) in [5.74, 6) is -1.78. The summed E-state index contributed by atoms with van der Waals surface area (Å²) in [4.78, 5) is 40.3. The monoisotopic (exact) mass is 528 g/mol. The highest BCUT2D eigenvalue weighted by atomic mass is 19.4. The van der Waals surface area contributed by atoms with Crippen LogP contribution in [0.5, 0.6) is 5.88 Å². The lowest BCUT2D eigenvalue weighted by atomic mass is 9.89. The first-order chi connectivity index (χ1) is 17.1. The number of rotatable bonds is 4. The third-order valence-electron chi connectivity index (χ3n) is 4.83. The summed E-state index contributed by atoms with van der Waals surface area (Å²) >= 11 is 0. The highest BCUT2D eigenvalue weighted by Crippen LogP contribution is 2.40. The van der Waals surface area contributed by atoms with E-state index in [-0.39, 0.29) is 17.4 Å². The number of methoxy groups -OCH3 is 1. The van der Waals surface area contributed by atoms with Crippen LogP contribution in [0.1, 0.15) is 50.3 Å². The van der Waals surface area contributed by atoms with Gasteiger partial charge in [0.05, 0.1) is 19.5 Å². The van der Waals surface area contributed by atoms with E-state index in [1.54, 1.807) is 20.8 Å². The Morgan fingerprint density at radius 1 is 1.14 bits per heavy atom. The number of aliphatic imine (C=N–C) groups is 1. The van der Waals surface area contributed by atoms with Crippen LogP contribution in [0.25, 0.3) is 0 Å². The minimum atomic E-state index is -4.88. The summed E-state index contributed by atoms with van der Waals surface area (Å²) < 4.78 is 70.6. The molecule has 0 bridgehead atoms. The lowest BCUT2D eigenvalue weighted by Crippen LogP contribution is -2.49. The number of amides is 2. The van der Waals surface area contributed by atoms with Gasteiger partial charge in [0.2, 0.25) is 5.88 Å². The van der Waals surface area contributed by atoms with Crippen molar-refractivity contribution in [2.75, 3.05) is 12.4 Å². The third-order valence-corrected chi connectivity index (χ3v) is 4.83. The average molecular weight is 528 g/mol. The lowest BCUT2D eigenvalue weighted by molar-refractivity contribution is -0.208. The second-order valence-corrected chi connectivity index (χ2v) is 9.09. The highest BCUT2D eigenvalue weighted by molar-refractivity contribution is 6.02. The van der Waals surface area contributed by atoms with Crippen molar-refractivity contribution >= 4 is 23.8 Å². The molecule has 0 saturated carbocycles. The average Bonchev–Trinajstić information content (AvgIpc) is 2.78. The van der Waals surface area contributed by atoms with Gasteiger partial charge in [-0.2, -0.15) is 13.2 Å². The van der Waals surface area contributed by atoms with Crippen molar-refractivity contribution < 1.29 is 41.4 Å². The second kappa shape index (κ2) is 10.1. The van der Waals surface area contributed by atoms with Gasteiger partial charge < -0.3 is 19.5 Å². The highest BCUT2D eigenvalue weighted by Gasteiger charge is 2.51. The number of aromatic nitrogens is 3. The van der Waals surface area contributed by atoms with E-state index in [2.05, 4.69) is 25.3 Å². The lowest BCUT2D eigenvalue weighted by Gasteiger charge is -2.36. The van der Waals surface area contributed by atoms with E-state index in [0.717, 1.165) is 18.3 Å². The molecule has 2 amide bonds. The zero-order valence-corrected chi connectivity index (χ0v) is 20.4. The van der Waals surface area contributed by atoms with Gasteiger partial charge in [-0.3, -0.25) is 4.79 Å². The Balaban J connectivity index is 1.93. The van der Waals surface area contributed by atoms with Gasteiger partial charge in [-0.15, -0.1) is 0 Å². The molecule has 2 aromatic rings. The molecule has 0 fully saturated rings. The van der Waals surface area contributed by atoms with Crippen LogP contribution < -0.4 is 15.4 Å². The molecule has 200 valence electrons. The first kappa shape index (κ1) is 27.5. The quantitative estimate of drug-likeness (QED) is 0.573. The standard InChI is InChI=1S/C22H24F4N6O5/c1-20(2,3)37-19(34)31-18-32-21(4,8-13(36-18)22(24,25)26)16-11(23)6-7-14(29-16)30-17(33)12-9-28-15(35-5)10-27-12/h6-7,9-10,13H,8H2,1-5H3,(H,29,30,33)(H,31,32,34). The number of carbonyl (C=O) groups excluding carboxylic acids is 2. The molecule has 2 N–H and O–H groups in total. The number of halogens is 4. The SMILES string of the molecule is COc1cnc(C(=O)Nc2ccc(F)c(C3(C)CC(C(F)(F)F)OC(NC(=O)OC(C)(C)C)=N3)n2)cn1. The van der Waals surface area contributed by atoms with Gasteiger partial charge in [0.25, 0.3) is 11.9 Å². The van der Waals surface area contributed by atoms with Crippen LogP contribution in [0, 0.1) is 5.82 Å². The molecule has 0 radical (unpaired) electrons. The molecular formula is C22H24F4N6O5. The van der Waals surface area contributed by atoms with Crippen LogP contribution in [0.15, 0.2) is 29.5 Å². The Bertz CT molecular complexity index is 1200. The Kier molecular flexibility index (Phi) is 7.55. The molecule has 0 spiro atoms. The van der Waals surface area contributed by atoms with E-state index in [0.29, 0.717) is 0 Å². The fourth-order valence-corrected chi connectivity index (χ4v) is 3.22. The summed E-state index contributed by atoms with van der Waals surface area (Å²) in [6.45, 7) is 5.84. The number of pyridine rings is 1. The zero-order valence-electron chi connectivity index (χ0n) is 20.4. The Hall–Kier alpha value is -4.04. The van der Waals surface area contributed by atoms with Crippen molar-refractivity contribution in [2.24, 2.45) is 4.99 Å². The van der Waals surface area contributed by atoms with Gasteiger partial charge in [-0.1, -0.05) is 0 Å². The van der Waals surface area contributed by atoms with Crippen LogP contribution in [-0.4, -0.2) is 58.0 Å². The number of alkyl halides is 3. The first-order valence-corrected chi connectivity index (χ1v) is 10.8. The van der Waals surface area contributed by atoms with E-state index in [4.69, 9.17) is 14.2 Å². The number of nitrogens with zero attached hydrogens (tertiary/aromatic N) is 4. The van der Waals surface area contributed by atoms with Crippen molar-refractivity contribution in [3.63, 3.8) is 0 Å². The van der Waals surface area contributed by atoms with Crippen molar-refractivity contribution in [2.45, 2.75) is 57.5 Å². The number of ether oxygens (including phenoxy) is 3. The van der Waals surface area contributed by atoms with Gasteiger partial charge in [-0.25, -0.2) is 34.4 Å². The molecule has 11 nitrogen and oxygen atoms in total. The number of hydrogen-bond acceptors (Lipinski definition) is 9. The summed E-state index contributed by atoms with van der Waals surface area (Å²) in [5, 5.41) is 4.40. The van der Waals surface area contributed by atoms with E-state index in [9.17, 15) is 27.2 Å². The van der Waals surface area contributed by atoms with Crippen LogP contribution in [0.2, 0.25) is 0 Å². The van der Waals surface area contributed by atoms with Gasteiger partial charge in [0.15, 0.2) is 6.10 Å². The molecule has 2 unspecified atom stereocenters. The van der Waals surface area contributed by atoms with E-state index >= 15 is 0 Å². The number of anilines is 1. The maximum atomic E-state index is 14.9. The minimum Gasteiger partial charge on any atom is -0.480 e. The Morgan fingerprint density at radius 3 is 2.41 bits per heavy atom. The molecule has 1 aliphatic heterocycles. The summed E-state index contributed by atoms with van der Waals surface area (Å²) in [6.07, 6.45) is -6.98. The number of amidine groups is 1. The maximum Gasteiger partial charge on any atom is 0.425 e. The van der Waals surface area contributed by atoms with Crippen LogP contribution >= 0.6 is 0 Å². The van der Waals surface area contributed by atoms with Crippen molar-refractivity contribution in [1.29, 1.82) is 0 Å². The smallest absolute Gasteiger partial charge is 0.425 e. The summed E-state index contributed by atoms with van der Waals surface area (Å²) in [5.41, 5.74) is -3.55. The largest absolute Gasteiger partial charge is 0.480 e. The van der Waals surface area contributed by atoms with Crippen LogP contribution in [-0.2, 0) is 15.0 Å². The summed E-state index contributed by atoms with van der Waals surface area (Å²) in [6, 6.07) is 1.20. The molecule has 0 aromatic carbocycles. The molecule has 2 aromatic heterocycles. The van der Waals surface area contributed by atoms with Crippen molar-refractivity contribution in [3.8, 4) is 5.88 Å². The number of carbonyl (C=O) groups is 2. The van der Waals surface area contributed by atoms with Gasteiger partial charge in [-0.05, 0) is 39.8 Å². The molecule has 2 atom stereocenters. The molecular weight excluding hydrogens is 504 g/mol.